The van der Waals surface area contributed by atoms with Crippen LogP contribution in [0.15, 0.2) is 0 Å². The smallest absolute Gasteiger partial charge is 0.272 e. The Bertz CT molecular complexity index is 119. The van der Waals surface area contributed by atoms with Gasteiger partial charge in [0, 0.05) is 0 Å². The fourth-order valence-corrected chi connectivity index (χ4v) is 0. The van der Waals surface area contributed by atoms with Crippen molar-refractivity contribution < 1.29 is 14.4 Å². The van der Waals surface area contributed by atoms with E-state index in [2.05, 4.69) is 0 Å². The van der Waals surface area contributed by atoms with Gasteiger partial charge in [-0.2, -0.15) is 0 Å². The lowest BCUT2D eigenvalue weighted by atomic mass is 11.9. The largest absolute Gasteiger partial charge is 0.747 e. The van der Waals surface area contributed by atoms with E-state index in [4.69, 9.17) is 4.89 Å². The van der Waals surface area contributed by atoms with E-state index in [-0.39, 0.29) is 0 Å². The van der Waals surface area contributed by atoms with Crippen LogP contribution in [0.2, 0.25) is 0 Å². The average molecular weight is 156 g/mol. The SMILES string of the molecule is C[P+](C)(C)P(=O)([O-])O. The predicted molar refractivity (Wildman–Crippen MR) is 34.5 cm³/mol. The fraction of sp³-hybridized carbons (Fsp3) is 1.00. The molecule has 0 saturated heterocycles. The first-order valence-electron chi connectivity index (χ1n) is 2.11. The second-order valence-electron chi connectivity index (χ2n) is 2.43. The van der Waals surface area contributed by atoms with E-state index in [0.29, 0.717) is 0 Å². The van der Waals surface area contributed by atoms with Crippen molar-refractivity contribution in [3.63, 3.8) is 0 Å². The van der Waals surface area contributed by atoms with Gasteiger partial charge in [0.15, 0.2) is 0 Å². The quantitative estimate of drug-likeness (QED) is 0.557. The van der Waals surface area contributed by atoms with Gasteiger partial charge in [-0.25, -0.2) is 0 Å². The summed E-state index contributed by atoms with van der Waals surface area (Å²) in [6.07, 6.45) is 0. The van der Waals surface area contributed by atoms with Gasteiger partial charge >= 0.3 is 0 Å². The Hall–Kier alpha value is 0.580. The maximum atomic E-state index is 10.3. The molecule has 0 radical (unpaired) electrons. The monoisotopic (exact) mass is 156 g/mol. The van der Waals surface area contributed by atoms with Gasteiger partial charge in [-0.3, -0.25) is 4.57 Å². The summed E-state index contributed by atoms with van der Waals surface area (Å²) in [6, 6.07) is 0. The molecule has 0 heterocycles. The second-order valence-corrected chi connectivity index (χ2v) is 12.4. The van der Waals surface area contributed by atoms with Gasteiger partial charge in [0.1, 0.15) is 0 Å². The summed E-state index contributed by atoms with van der Waals surface area (Å²) in [4.78, 5) is 18.7. The fourth-order valence-electron chi connectivity index (χ4n) is 0. The summed E-state index contributed by atoms with van der Waals surface area (Å²) in [5.74, 6) is 0. The first kappa shape index (κ1) is 8.58. The van der Waals surface area contributed by atoms with E-state index in [1.807, 2.05) is 0 Å². The molecule has 0 spiro atoms. The lowest BCUT2D eigenvalue weighted by Crippen LogP contribution is -2.01. The van der Waals surface area contributed by atoms with Crippen LogP contribution in [-0.4, -0.2) is 24.9 Å². The molecule has 0 aliphatic heterocycles. The molecule has 0 aromatic carbocycles. The first-order valence-corrected chi connectivity index (χ1v) is 7.52. The van der Waals surface area contributed by atoms with Crippen molar-refractivity contribution in [1.29, 1.82) is 0 Å². The summed E-state index contributed by atoms with van der Waals surface area (Å²) in [5.41, 5.74) is 0. The zero-order chi connectivity index (χ0) is 7.00. The summed E-state index contributed by atoms with van der Waals surface area (Å²) < 4.78 is 10.3. The highest BCUT2D eigenvalue weighted by Gasteiger charge is 2.30. The molecule has 0 fully saturated rings. The highest BCUT2D eigenvalue weighted by atomic mass is 32.1. The van der Waals surface area contributed by atoms with E-state index in [9.17, 15) is 9.46 Å². The molecule has 0 aromatic rings. The molecule has 50 valence electrons. The third-order valence-corrected chi connectivity index (χ3v) is 6.82. The van der Waals surface area contributed by atoms with E-state index in [0.717, 1.165) is 0 Å². The highest BCUT2D eigenvalue weighted by Crippen LogP contribution is 2.76. The maximum Gasteiger partial charge on any atom is 0.272 e. The van der Waals surface area contributed by atoms with Crippen LogP contribution in [0, 0.1) is 0 Å². The van der Waals surface area contributed by atoms with Crippen molar-refractivity contribution in [2.75, 3.05) is 20.0 Å². The Labute approximate surface area is 49.5 Å². The van der Waals surface area contributed by atoms with Gasteiger partial charge in [0.25, 0.3) is 7.28 Å². The molecular formula is C3H10O3P2. The van der Waals surface area contributed by atoms with Crippen LogP contribution in [-0.2, 0) is 4.57 Å². The Balaban J connectivity index is 4.26. The summed E-state index contributed by atoms with van der Waals surface area (Å²) >= 11 is 0. The molecule has 0 saturated carbocycles. The van der Waals surface area contributed by atoms with Crippen LogP contribution < -0.4 is 4.89 Å². The van der Waals surface area contributed by atoms with Gasteiger partial charge < -0.3 is 9.79 Å². The Morgan fingerprint density at radius 1 is 1.50 bits per heavy atom. The Kier molecular flexibility index (Phi) is 2.22. The standard InChI is InChI=1S/C3H10O3P2/c1-7(2,3)8(4,5)6/h1-3H3,(H-,4,5,6). The molecule has 0 aliphatic rings. The normalized spacial score (nSPS) is 20.1. The molecule has 3 nitrogen and oxygen atoms in total. The van der Waals surface area contributed by atoms with Crippen molar-refractivity contribution in [3.05, 3.63) is 0 Å². The number of rotatable bonds is 1. The minimum Gasteiger partial charge on any atom is -0.747 e. The van der Waals surface area contributed by atoms with E-state index in [1.165, 1.54) is 0 Å². The zero-order valence-electron chi connectivity index (χ0n) is 5.16. The molecule has 0 aromatic heterocycles. The number of hydrogen-bond acceptors (Lipinski definition) is 2. The molecule has 0 amide bonds. The van der Waals surface area contributed by atoms with Crippen molar-refractivity contribution in [3.8, 4) is 0 Å². The van der Waals surface area contributed by atoms with Gasteiger partial charge in [-0.1, -0.05) is 0 Å². The van der Waals surface area contributed by atoms with Crippen LogP contribution in [0.3, 0.4) is 0 Å². The van der Waals surface area contributed by atoms with Gasteiger partial charge in [-0.05, 0) is 0 Å². The minimum absolute atomic E-state index is 1.56. The molecular weight excluding hydrogens is 146 g/mol. The molecule has 0 rings (SSSR count). The van der Waals surface area contributed by atoms with Crippen LogP contribution in [0.25, 0.3) is 0 Å². The van der Waals surface area contributed by atoms with Crippen LogP contribution in [0.5, 0.6) is 0 Å². The van der Waals surface area contributed by atoms with Gasteiger partial charge in [0.05, 0.1) is 26.9 Å². The molecule has 1 unspecified atom stereocenters. The predicted octanol–water partition coefficient (Wildman–Crippen LogP) is 0.354. The third kappa shape index (κ3) is 2.23. The second kappa shape index (κ2) is 2.07. The van der Waals surface area contributed by atoms with Gasteiger partial charge in [-0.15, -0.1) is 0 Å². The first-order chi connectivity index (χ1) is 3.25. The van der Waals surface area contributed by atoms with Crippen LogP contribution >= 0.6 is 14.2 Å². The molecule has 5 heteroatoms. The average Bonchev–Trinajstić information content (AvgIpc) is 1.25. The minimum atomic E-state index is -3.99. The van der Waals surface area contributed by atoms with Crippen LogP contribution in [0.4, 0.5) is 0 Å². The molecule has 8 heavy (non-hydrogen) atoms. The van der Waals surface area contributed by atoms with E-state index in [1.54, 1.807) is 20.0 Å². The summed E-state index contributed by atoms with van der Waals surface area (Å²) in [6.45, 7) is 2.62. The summed E-state index contributed by atoms with van der Waals surface area (Å²) in [5, 5.41) is 0. The van der Waals surface area contributed by atoms with Crippen molar-refractivity contribution >= 4 is 14.2 Å². The topological polar surface area (TPSA) is 60.4 Å². The number of hydrogen-bond donors (Lipinski definition) is 1. The Morgan fingerprint density at radius 2 is 1.62 bits per heavy atom. The summed E-state index contributed by atoms with van der Waals surface area (Å²) in [7, 11) is -3.99. The molecule has 1 N–H and O–H groups in total. The Morgan fingerprint density at radius 3 is 1.62 bits per heavy atom. The van der Waals surface area contributed by atoms with E-state index >= 15 is 0 Å². The molecule has 0 bridgehead atoms. The lowest BCUT2D eigenvalue weighted by molar-refractivity contribution is -0.185. The van der Waals surface area contributed by atoms with Crippen molar-refractivity contribution in [1.82, 2.24) is 0 Å². The van der Waals surface area contributed by atoms with Gasteiger partial charge in [0.2, 0.25) is 0 Å². The molecule has 0 aliphatic carbocycles. The zero-order valence-corrected chi connectivity index (χ0v) is 6.95. The highest BCUT2D eigenvalue weighted by molar-refractivity contribution is 8.35. The third-order valence-electron chi connectivity index (χ3n) is 0.758. The lowest BCUT2D eigenvalue weighted by Gasteiger charge is -2.22. The van der Waals surface area contributed by atoms with E-state index < -0.39 is 14.2 Å². The van der Waals surface area contributed by atoms with Crippen LogP contribution in [0.1, 0.15) is 0 Å². The van der Waals surface area contributed by atoms with Crippen molar-refractivity contribution in [2.24, 2.45) is 0 Å². The maximum absolute atomic E-state index is 10.3. The molecule has 1 atom stereocenters. The van der Waals surface area contributed by atoms with Crippen molar-refractivity contribution in [2.45, 2.75) is 0 Å².